The lowest BCUT2D eigenvalue weighted by atomic mass is 9.90. The maximum atomic E-state index is 14.4. The molecule has 2 aromatic carbocycles. The number of rotatable bonds is 17. The Morgan fingerprint density at radius 3 is 2.02 bits per heavy atom. The quantitative estimate of drug-likeness (QED) is 0.178. The molecular formula is C40H56N6O8. The number of likely N-dealkylation sites (N-methyl/N-ethyl adjacent to an activating group) is 1. The van der Waals surface area contributed by atoms with E-state index in [4.69, 9.17) is 4.74 Å². The van der Waals surface area contributed by atoms with Crippen molar-refractivity contribution in [3.63, 3.8) is 0 Å². The summed E-state index contributed by atoms with van der Waals surface area (Å²) in [6.07, 6.45) is 0.0758. The van der Waals surface area contributed by atoms with Crippen LogP contribution in [-0.2, 0) is 33.5 Å². The van der Waals surface area contributed by atoms with E-state index in [0.717, 1.165) is 5.56 Å². The lowest BCUT2D eigenvalue weighted by Crippen LogP contribution is -2.57. The third-order valence-corrected chi connectivity index (χ3v) is 9.19. The predicted molar refractivity (Wildman–Crippen MR) is 203 cm³/mol. The maximum absolute atomic E-state index is 14.4. The molecule has 0 bridgehead atoms. The summed E-state index contributed by atoms with van der Waals surface area (Å²) in [6.45, 7) is 11.0. The number of amides is 6. The zero-order valence-corrected chi connectivity index (χ0v) is 32.6. The first-order valence-electron chi connectivity index (χ1n) is 18.4. The summed E-state index contributed by atoms with van der Waals surface area (Å²) in [7, 11) is 3.11. The monoisotopic (exact) mass is 748 g/mol. The molecule has 14 nitrogen and oxygen atoms in total. The van der Waals surface area contributed by atoms with Crippen LogP contribution in [0, 0.1) is 11.3 Å². The largest absolute Gasteiger partial charge is 0.449 e. The molecule has 0 aliphatic carbocycles. The molecule has 3 rings (SSSR count). The Labute approximate surface area is 318 Å². The molecule has 5 atom stereocenters. The smallest absolute Gasteiger partial charge is 0.407 e. The van der Waals surface area contributed by atoms with E-state index in [1.807, 2.05) is 65.0 Å². The van der Waals surface area contributed by atoms with Gasteiger partial charge in [-0.25, -0.2) is 4.79 Å². The van der Waals surface area contributed by atoms with E-state index in [9.17, 15) is 33.6 Å². The van der Waals surface area contributed by atoms with Gasteiger partial charge in [-0.15, -0.1) is 0 Å². The molecule has 2 unspecified atom stereocenters. The Morgan fingerprint density at radius 2 is 1.46 bits per heavy atom. The standard InChI is InChI=1S/C40H56N6O8/c1-9-16-29(34(48)36(50)41-22-31(47)43-33(37(51)45(7)8)28-19-14-11-15-20-28)42-35(49)30-21-40(5,6)24-46(30)38(52)32(44-39(53)54-23-25(2)3)26(4)27-17-12-10-13-18-27/h10-15,17-20,25-26,29-30,32-33H,9,16,21-24H2,1-8H3,(H,41,50)(H,42,49)(H,43,47)(H,44,53)/t26-,29?,30-,32?,33-/m0/s1. The van der Waals surface area contributed by atoms with Crippen LogP contribution in [0.5, 0.6) is 0 Å². The third-order valence-electron chi connectivity index (χ3n) is 9.19. The zero-order valence-electron chi connectivity index (χ0n) is 32.6. The van der Waals surface area contributed by atoms with E-state index in [-0.39, 0.29) is 37.8 Å². The minimum Gasteiger partial charge on any atom is -0.449 e. The summed E-state index contributed by atoms with van der Waals surface area (Å²) in [5, 5.41) is 10.4. The molecule has 294 valence electrons. The van der Waals surface area contributed by atoms with E-state index in [2.05, 4.69) is 21.3 Å². The second-order valence-electron chi connectivity index (χ2n) is 15.2. The van der Waals surface area contributed by atoms with Gasteiger partial charge in [-0.1, -0.05) is 109 Å². The van der Waals surface area contributed by atoms with Gasteiger partial charge in [0.2, 0.25) is 29.4 Å². The lowest BCUT2D eigenvalue weighted by molar-refractivity contribution is -0.143. The summed E-state index contributed by atoms with van der Waals surface area (Å²) < 4.78 is 5.35. The molecule has 0 aromatic heterocycles. The molecule has 0 spiro atoms. The normalized spacial score (nSPS) is 17.0. The lowest BCUT2D eigenvalue weighted by Gasteiger charge is -2.32. The number of hydrogen-bond donors (Lipinski definition) is 4. The summed E-state index contributed by atoms with van der Waals surface area (Å²) >= 11 is 0. The summed E-state index contributed by atoms with van der Waals surface area (Å²) in [6, 6.07) is 13.5. The van der Waals surface area contributed by atoms with Crippen molar-refractivity contribution in [3.8, 4) is 0 Å². The van der Waals surface area contributed by atoms with E-state index in [1.54, 1.807) is 51.4 Å². The van der Waals surface area contributed by atoms with Crippen LogP contribution in [0.4, 0.5) is 4.79 Å². The number of Topliss-reactive ketones (excluding diaryl/α,β-unsaturated/α-hetero) is 1. The van der Waals surface area contributed by atoms with Crippen LogP contribution >= 0.6 is 0 Å². The third kappa shape index (κ3) is 12.1. The van der Waals surface area contributed by atoms with E-state index >= 15 is 0 Å². The van der Waals surface area contributed by atoms with Crippen molar-refractivity contribution < 1.29 is 38.3 Å². The van der Waals surface area contributed by atoms with Crippen molar-refractivity contribution in [3.05, 3.63) is 71.8 Å². The maximum Gasteiger partial charge on any atom is 0.407 e. The number of likely N-dealkylation sites (tertiary alicyclic amines) is 1. The Balaban J connectivity index is 1.75. The van der Waals surface area contributed by atoms with Crippen molar-refractivity contribution in [1.29, 1.82) is 0 Å². The highest BCUT2D eigenvalue weighted by atomic mass is 16.5. The molecular weight excluding hydrogens is 692 g/mol. The van der Waals surface area contributed by atoms with Gasteiger partial charge in [0.15, 0.2) is 0 Å². The van der Waals surface area contributed by atoms with E-state index < -0.39 is 77.6 Å². The molecule has 1 heterocycles. The molecule has 0 saturated carbocycles. The second-order valence-corrected chi connectivity index (χ2v) is 15.2. The van der Waals surface area contributed by atoms with Crippen LogP contribution in [-0.4, -0.2) is 103 Å². The second kappa shape index (κ2) is 19.7. The summed E-state index contributed by atoms with van der Waals surface area (Å²) in [5.41, 5.74) is 0.854. The number of hydrogen-bond acceptors (Lipinski definition) is 8. The van der Waals surface area contributed by atoms with Crippen molar-refractivity contribution in [1.82, 2.24) is 31.1 Å². The first-order valence-corrected chi connectivity index (χ1v) is 18.4. The van der Waals surface area contributed by atoms with Crippen molar-refractivity contribution in [2.24, 2.45) is 11.3 Å². The highest BCUT2D eigenvalue weighted by molar-refractivity contribution is 6.38. The van der Waals surface area contributed by atoms with Crippen LogP contribution in [0.25, 0.3) is 0 Å². The van der Waals surface area contributed by atoms with Gasteiger partial charge in [-0.3, -0.25) is 28.8 Å². The fourth-order valence-corrected chi connectivity index (χ4v) is 6.31. The Morgan fingerprint density at radius 1 is 0.870 bits per heavy atom. The molecule has 6 amide bonds. The van der Waals surface area contributed by atoms with E-state index in [1.165, 1.54) is 9.80 Å². The molecule has 14 heteroatoms. The molecule has 4 N–H and O–H groups in total. The van der Waals surface area contributed by atoms with Gasteiger partial charge in [0.25, 0.3) is 5.91 Å². The fourth-order valence-electron chi connectivity index (χ4n) is 6.31. The van der Waals surface area contributed by atoms with Gasteiger partial charge in [0, 0.05) is 26.6 Å². The summed E-state index contributed by atoms with van der Waals surface area (Å²) in [4.78, 5) is 96.1. The number of ketones is 1. The fraction of sp³-hybridized carbons (Fsp3) is 0.525. The topological polar surface area (TPSA) is 183 Å². The van der Waals surface area contributed by atoms with Crippen LogP contribution in [0.3, 0.4) is 0 Å². The first-order chi connectivity index (χ1) is 25.4. The van der Waals surface area contributed by atoms with Crippen molar-refractivity contribution in [2.75, 3.05) is 33.8 Å². The average molecular weight is 749 g/mol. The predicted octanol–water partition coefficient (Wildman–Crippen LogP) is 3.08. The van der Waals surface area contributed by atoms with Gasteiger partial charge in [-0.05, 0) is 35.3 Å². The molecule has 2 aromatic rings. The highest BCUT2D eigenvalue weighted by Crippen LogP contribution is 2.36. The minimum atomic E-state index is -1.23. The number of alkyl carbamates (subject to hydrolysis) is 1. The van der Waals surface area contributed by atoms with Crippen LogP contribution in [0.2, 0.25) is 0 Å². The average Bonchev–Trinajstić information content (AvgIpc) is 3.48. The molecule has 1 saturated heterocycles. The summed E-state index contributed by atoms with van der Waals surface area (Å²) in [5.74, 6) is -4.63. The number of nitrogens with zero attached hydrogens (tertiary/aromatic N) is 2. The molecule has 1 fully saturated rings. The van der Waals surface area contributed by atoms with Gasteiger partial charge < -0.3 is 35.8 Å². The van der Waals surface area contributed by atoms with Crippen LogP contribution < -0.4 is 21.3 Å². The van der Waals surface area contributed by atoms with Gasteiger partial charge in [-0.2, -0.15) is 0 Å². The molecule has 1 aliphatic rings. The Bertz CT molecular complexity index is 1630. The molecule has 1 aliphatic heterocycles. The molecule has 54 heavy (non-hydrogen) atoms. The first kappa shape index (κ1) is 43.1. The number of carbonyl (C=O) groups excluding carboxylic acids is 7. The number of carbonyl (C=O) groups is 7. The van der Waals surface area contributed by atoms with Gasteiger partial charge in [0.05, 0.1) is 19.2 Å². The number of nitrogens with one attached hydrogen (secondary N) is 4. The van der Waals surface area contributed by atoms with Gasteiger partial charge in [0.1, 0.15) is 18.1 Å². The zero-order chi connectivity index (χ0) is 40.2. The van der Waals surface area contributed by atoms with Crippen LogP contribution in [0.1, 0.15) is 83.9 Å². The Kier molecular flexibility index (Phi) is 15.7. The molecule has 0 radical (unpaired) electrons. The SMILES string of the molecule is CCCC(NC(=O)[C@@H]1CC(C)(C)CN1C(=O)C(NC(=O)OCC(C)C)[C@@H](C)c1ccccc1)C(=O)C(=O)NCC(=O)N[C@H](C(=O)N(C)C)c1ccccc1. The highest BCUT2D eigenvalue weighted by Gasteiger charge is 2.47. The Hall–Kier alpha value is -5.27. The van der Waals surface area contributed by atoms with Crippen molar-refractivity contribution in [2.45, 2.75) is 90.9 Å². The van der Waals surface area contributed by atoms with Crippen LogP contribution in [0.15, 0.2) is 60.7 Å². The van der Waals surface area contributed by atoms with Gasteiger partial charge >= 0.3 is 6.09 Å². The van der Waals surface area contributed by atoms with E-state index in [0.29, 0.717) is 12.0 Å². The van der Waals surface area contributed by atoms with Crippen molar-refractivity contribution >= 4 is 41.4 Å². The number of ether oxygens (including phenoxy) is 1. The minimum absolute atomic E-state index is 0.0765. The number of benzene rings is 2.